The SMILES string of the molecule is CC(C)(NS(=O)(=O)c1cccc2ccccc12)C(=O)NC1C2CC3CC(C2)CC1C3. The van der Waals surface area contributed by atoms with E-state index in [2.05, 4.69) is 10.0 Å². The van der Waals surface area contributed by atoms with Crippen LogP contribution in [-0.2, 0) is 14.8 Å². The van der Waals surface area contributed by atoms with Crippen LogP contribution in [0.3, 0.4) is 0 Å². The summed E-state index contributed by atoms with van der Waals surface area (Å²) in [6.45, 7) is 3.31. The lowest BCUT2D eigenvalue weighted by molar-refractivity contribution is -0.129. The van der Waals surface area contributed by atoms with Crippen LogP contribution in [0.1, 0.15) is 46.0 Å². The molecule has 30 heavy (non-hydrogen) atoms. The van der Waals surface area contributed by atoms with Crippen LogP contribution in [0.4, 0.5) is 0 Å². The molecule has 1 amide bonds. The lowest BCUT2D eigenvalue weighted by Crippen LogP contribution is -2.62. The number of benzene rings is 2. The second-order valence-electron chi connectivity index (χ2n) is 10.1. The summed E-state index contributed by atoms with van der Waals surface area (Å²) in [4.78, 5) is 13.4. The van der Waals surface area contributed by atoms with Crippen LogP contribution in [0.15, 0.2) is 47.4 Å². The van der Waals surface area contributed by atoms with Crippen LogP contribution in [0.2, 0.25) is 0 Å². The maximum atomic E-state index is 13.2. The zero-order valence-electron chi connectivity index (χ0n) is 17.6. The second kappa shape index (κ2) is 7.06. The van der Waals surface area contributed by atoms with Crippen molar-refractivity contribution in [2.45, 2.75) is 62.4 Å². The van der Waals surface area contributed by atoms with E-state index in [1.807, 2.05) is 24.3 Å². The Balaban J connectivity index is 1.35. The number of carbonyl (C=O) groups excluding carboxylic acids is 1. The summed E-state index contributed by atoms with van der Waals surface area (Å²) in [5.74, 6) is 2.53. The van der Waals surface area contributed by atoms with Crippen molar-refractivity contribution in [1.82, 2.24) is 10.0 Å². The molecule has 2 N–H and O–H groups in total. The van der Waals surface area contributed by atoms with E-state index < -0.39 is 15.6 Å². The monoisotopic (exact) mass is 426 g/mol. The number of nitrogens with one attached hydrogen (secondary N) is 2. The van der Waals surface area contributed by atoms with Crippen molar-refractivity contribution in [2.75, 3.05) is 0 Å². The minimum absolute atomic E-state index is 0.187. The van der Waals surface area contributed by atoms with Gasteiger partial charge in [-0.2, -0.15) is 4.72 Å². The van der Waals surface area contributed by atoms with Gasteiger partial charge in [0.1, 0.15) is 5.54 Å². The Hall–Kier alpha value is -1.92. The second-order valence-corrected chi connectivity index (χ2v) is 11.8. The molecular weight excluding hydrogens is 396 g/mol. The molecule has 0 aliphatic heterocycles. The fourth-order valence-corrected chi connectivity index (χ4v) is 7.97. The predicted molar refractivity (Wildman–Crippen MR) is 117 cm³/mol. The molecule has 6 rings (SSSR count). The lowest BCUT2D eigenvalue weighted by atomic mass is 9.54. The Bertz CT molecular complexity index is 1060. The number of hydrogen-bond donors (Lipinski definition) is 2. The molecule has 2 aromatic rings. The molecular formula is C24H30N2O3S. The number of rotatable bonds is 5. The maximum absolute atomic E-state index is 13.2. The van der Waals surface area contributed by atoms with Gasteiger partial charge < -0.3 is 5.32 Å². The maximum Gasteiger partial charge on any atom is 0.242 e. The summed E-state index contributed by atoms with van der Waals surface area (Å²) >= 11 is 0. The first-order chi connectivity index (χ1) is 14.2. The molecule has 0 spiro atoms. The van der Waals surface area contributed by atoms with Gasteiger partial charge in [0.2, 0.25) is 15.9 Å². The van der Waals surface area contributed by atoms with Crippen molar-refractivity contribution in [3.8, 4) is 0 Å². The average molecular weight is 427 g/mol. The molecule has 6 heteroatoms. The summed E-state index contributed by atoms with van der Waals surface area (Å²) in [5, 5.41) is 4.76. The van der Waals surface area contributed by atoms with Crippen molar-refractivity contribution in [1.29, 1.82) is 0 Å². The normalized spacial score (nSPS) is 30.5. The van der Waals surface area contributed by atoms with Gasteiger partial charge >= 0.3 is 0 Å². The molecule has 0 saturated heterocycles. The molecule has 2 aromatic carbocycles. The highest BCUT2D eigenvalue weighted by molar-refractivity contribution is 7.89. The number of sulfonamides is 1. The third kappa shape index (κ3) is 3.44. The first-order valence-corrected chi connectivity index (χ1v) is 12.5. The first kappa shape index (κ1) is 20.0. The van der Waals surface area contributed by atoms with Gasteiger partial charge in [0.15, 0.2) is 0 Å². The Kier molecular flexibility index (Phi) is 4.71. The molecule has 4 aliphatic carbocycles. The topological polar surface area (TPSA) is 75.3 Å². The zero-order valence-corrected chi connectivity index (χ0v) is 18.4. The molecule has 4 saturated carbocycles. The third-order valence-corrected chi connectivity index (χ3v) is 9.23. The van der Waals surface area contributed by atoms with Crippen molar-refractivity contribution in [3.63, 3.8) is 0 Å². The Morgan fingerprint density at radius 3 is 2.17 bits per heavy atom. The Morgan fingerprint density at radius 2 is 1.50 bits per heavy atom. The molecule has 5 nitrogen and oxygen atoms in total. The van der Waals surface area contributed by atoms with Gasteiger partial charge in [0, 0.05) is 11.4 Å². The van der Waals surface area contributed by atoms with Gasteiger partial charge in [0.25, 0.3) is 0 Å². The van der Waals surface area contributed by atoms with Crippen molar-refractivity contribution < 1.29 is 13.2 Å². The van der Waals surface area contributed by atoms with Gasteiger partial charge in [-0.25, -0.2) is 8.42 Å². The van der Waals surface area contributed by atoms with E-state index in [1.54, 1.807) is 32.0 Å². The fourth-order valence-electron chi connectivity index (χ4n) is 6.36. The number of amides is 1. The molecule has 0 radical (unpaired) electrons. The van der Waals surface area contributed by atoms with E-state index in [4.69, 9.17) is 0 Å². The molecule has 0 heterocycles. The Labute approximate surface area is 178 Å². The van der Waals surface area contributed by atoms with Gasteiger partial charge in [0.05, 0.1) is 4.90 Å². The number of hydrogen-bond acceptors (Lipinski definition) is 3. The van der Waals surface area contributed by atoms with Crippen LogP contribution in [0.25, 0.3) is 10.8 Å². The van der Waals surface area contributed by atoms with E-state index in [-0.39, 0.29) is 16.8 Å². The quantitative estimate of drug-likeness (QED) is 0.763. The third-order valence-electron chi connectivity index (χ3n) is 7.52. The summed E-state index contributed by atoms with van der Waals surface area (Å²) in [6, 6.07) is 12.8. The molecule has 4 fully saturated rings. The highest BCUT2D eigenvalue weighted by Crippen LogP contribution is 2.53. The summed E-state index contributed by atoms with van der Waals surface area (Å²) in [5.41, 5.74) is -1.23. The summed E-state index contributed by atoms with van der Waals surface area (Å²) in [7, 11) is -3.86. The lowest BCUT2D eigenvalue weighted by Gasteiger charge is -2.54. The van der Waals surface area contributed by atoms with E-state index >= 15 is 0 Å². The molecule has 4 aliphatic rings. The van der Waals surface area contributed by atoms with Crippen molar-refractivity contribution in [2.24, 2.45) is 23.7 Å². The first-order valence-electron chi connectivity index (χ1n) is 11.1. The van der Waals surface area contributed by atoms with Gasteiger partial charge in [-0.3, -0.25) is 4.79 Å². The van der Waals surface area contributed by atoms with Crippen LogP contribution in [0, 0.1) is 23.7 Å². The Morgan fingerprint density at radius 1 is 0.900 bits per heavy atom. The minimum atomic E-state index is -3.86. The standard InChI is InChI=1S/C24H30N2O3S/c1-24(2,23(27)25-22-18-11-15-10-16(13-18)14-19(22)12-15)26-30(28,29)21-9-5-7-17-6-3-4-8-20(17)21/h3-9,15-16,18-19,22,26H,10-14H2,1-2H3,(H,25,27). The van der Waals surface area contributed by atoms with E-state index in [9.17, 15) is 13.2 Å². The minimum Gasteiger partial charge on any atom is -0.351 e. The van der Waals surface area contributed by atoms with Gasteiger partial charge in [-0.15, -0.1) is 0 Å². The molecule has 160 valence electrons. The van der Waals surface area contributed by atoms with Crippen molar-refractivity contribution in [3.05, 3.63) is 42.5 Å². The zero-order chi connectivity index (χ0) is 21.1. The highest BCUT2D eigenvalue weighted by atomic mass is 32.2. The van der Waals surface area contributed by atoms with Crippen LogP contribution >= 0.6 is 0 Å². The van der Waals surface area contributed by atoms with E-state index in [0.29, 0.717) is 17.2 Å². The molecule has 0 atom stereocenters. The summed E-state index contributed by atoms with van der Waals surface area (Å²) < 4.78 is 29.1. The smallest absolute Gasteiger partial charge is 0.242 e. The largest absolute Gasteiger partial charge is 0.351 e. The average Bonchev–Trinajstić information content (AvgIpc) is 2.68. The van der Waals surface area contributed by atoms with Crippen molar-refractivity contribution >= 4 is 26.7 Å². The predicted octanol–water partition coefficient (Wildman–Crippen LogP) is 3.84. The summed E-state index contributed by atoms with van der Waals surface area (Å²) in [6.07, 6.45) is 6.20. The number of fused-ring (bicyclic) bond motifs is 1. The van der Waals surface area contributed by atoms with Crippen LogP contribution in [0.5, 0.6) is 0 Å². The van der Waals surface area contributed by atoms with E-state index in [0.717, 1.165) is 17.2 Å². The fraction of sp³-hybridized carbons (Fsp3) is 0.542. The highest BCUT2D eigenvalue weighted by Gasteiger charge is 2.49. The van der Waals surface area contributed by atoms with Crippen LogP contribution in [-0.4, -0.2) is 25.9 Å². The van der Waals surface area contributed by atoms with E-state index in [1.165, 1.54) is 32.1 Å². The molecule has 0 unspecified atom stereocenters. The van der Waals surface area contributed by atoms with Gasteiger partial charge in [-0.05, 0) is 81.1 Å². The molecule has 0 aromatic heterocycles. The van der Waals surface area contributed by atoms with Gasteiger partial charge in [-0.1, -0.05) is 36.4 Å². The van der Waals surface area contributed by atoms with Crippen LogP contribution < -0.4 is 10.0 Å². The molecule has 4 bridgehead atoms. The number of carbonyl (C=O) groups is 1.